The van der Waals surface area contributed by atoms with Gasteiger partial charge in [0.2, 0.25) is 0 Å². The molecule has 1 aromatic heterocycles. The number of carbonyl (C=O) groups is 1. The summed E-state index contributed by atoms with van der Waals surface area (Å²) in [5, 5.41) is 14.9. The Morgan fingerprint density at radius 1 is 1.19 bits per heavy atom. The summed E-state index contributed by atoms with van der Waals surface area (Å²) in [6.07, 6.45) is 0.203. The topological polar surface area (TPSA) is 74.9 Å². The molecule has 1 fully saturated rings. The largest absolute Gasteiger partial charge is 0.508 e. The number of hydrogen-bond donors (Lipinski definition) is 2. The second kappa shape index (κ2) is 8.54. The molecule has 31 heavy (non-hydrogen) atoms. The zero-order chi connectivity index (χ0) is 22.3. The number of amides is 1. The number of phenols is 1. The Bertz CT molecular complexity index is 1130. The molecule has 164 valence electrons. The highest BCUT2D eigenvalue weighted by atomic mass is 35.5. The number of nitrogens with one attached hydrogen (secondary N) is 1. The smallest absolute Gasteiger partial charge is 0.259 e. The van der Waals surface area contributed by atoms with Crippen LogP contribution in [0.15, 0.2) is 34.7 Å². The molecule has 1 aliphatic heterocycles. The first-order chi connectivity index (χ1) is 14.7. The summed E-state index contributed by atoms with van der Waals surface area (Å²) in [5.74, 6) is 0.355. The van der Waals surface area contributed by atoms with E-state index in [4.69, 9.17) is 20.8 Å². The Labute approximate surface area is 186 Å². The quantitative estimate of drug-likeness (QED) is 0.575. The lowest BCUT2D eigenvalue weighted by Crippen LogP contribution is -2.44. The molecule has 0 radical (unpaired) electrons. The molecule has 0 unspecified atom stereocenters. The third kappa shape index (κ3) is 4.28. The second-order valence-electron chi connectivity index (χ2n) is 8.29. The van der Waals surface area contributed by atoms with E-state index in [1.165, 1.54) is 0 Å². The Morgan fingerprint density at radius 2 is 1.90 bits per heavy atom. The molecule has 1 amide bonds. The van der Waals surface area contributed by atoms with Crippen molar-refractivity contribution >= 4 is 34.2 Å². The van der Waals surface area contributed by atoms with E-state index in [0.29, 0.717) is 45.1 Å². The summed E-state index contributed by atoms with van der Waals surface area (Å²) in [6, 6.07) is 8.71. The van der Waals surface area contributed by atoms with Crippen molar-refractivity contribution in [2.75, 3.05) is 18.4 Å². The normalized spacial score (nSPS) is 19.6. The van der Waals surface area contributed by atoms with Crippen molar-refractivity contribution < 1.29 is 19.1 Å². The number of fused-ring (bicyclic) bond motifs is 1. The van der Waals surface area contributed by atoms with E-state index in [2.05, 4.69) is 10.2 Å². The molecule has 1 saturated heterocycles. The van der Waals surface area contributed by atoms with Gasteiger partial charge >= 0.3 is 0 Å². The first-order valence-electron chi connectivity index (χ1n) is 10.4. The number of hydrogen-bond acceptors (Lipinski definition) is 5. The maximum atomic E-state index is 13.3. The molecule has 0 spiro atoms. The average Bonchev–Trinajstić information content (AvgIpc) is 3.03. The van der Waals surface area contributed by atoms with Gasteiger partial charge in [-0.25, -0.2) is 0 Å². The van der Waals surface area contributed by atoms with Crippen LogP contribution in [0, 0.1) is 13.8 Å². The number of phenolic OH excluding ortho intramolecular Hbond substituents is 1. The predicted octanol–water partition coefficient (Wildman–Crippen LogP) is 5.27. The van der Waals surface area contributed by atoms with Gasteiger partial charge in [-0.1, -0.05) is 17.7 Å². The van der Waals surface area contributed by atoms with Gasteiger partial charge in [0.1, 0.15) is 17.1 Å². The highest BCUT2D eigenvalue weighted by molar-refractivity contribution is 6.31. The number of rotatable bonds is 4. The number of aryl methyl sites for hydroxylation is 1. The molecule has 2 heterocycles. The molecular weight excluding hydrogens is 416 g/mol. The van der Waals surface area contributed by atoms with Gasteiger partial charge in [-0.3, -0.25) is 9.69 Å². The van der Waals surface area contributed by atoms with Crippen LogP contribution in [0.4, 0.5) is 5.69 Å². The molecule has 4 rings (SSSR count). The number of anilines is 1. The monoisotopic (exact) mass is 442 g/mol. The number of benzene rings is 2. The predicted molar refractivity (Wildman–Crippen MR) is 122 cm³/mol. The van der Waals surface area contributed by atoms with Crippen molar-refractivity contribution in [1.82, 2.24) is 4.90 Å². The number of furan rings is 1. The van der Waals surface area contributed by atoms with Crippen LogP contribution in [0.3, 0.4) is 0 Å². The number of nitrogens with zero attached hydrogens (tertiary/aromatic N) is 1. The zero-order valence-electron chi connectivity index (χ0n) is 18.2. The molecule has 2 aromatic carbocycles. The zero-order valence-corrected chi connectivity index (χ0v) is 18.9. The molecule has 2 atom stereocenters. The van der Waals surface area contributed by atoms with E-state index in [-0.39, 0.29) is 23.9 Å². The molecule has 0 saturated carbocycles. The van der Waals surface area contributed by atoms with Gasteiger partial charge in [-0.2, -0.15) is 0 Å². The van der Waals surface area contributed by atoms with Crippen LogP contribution in [0.5, 0.6) is 5.75 Å². The fraction of sp³-hybridized carbons (Fsp3) is 0.375. The number of ether oxygens (including phenoxy) is 1. The average molecular weight is 443 g/mol. The summed E-state index contributed by atoms with van der Waals surface area (Å²) >= 11 is 6.21. The number of carbonyl (C=O) groups excluding carboxylic acids is 1. The third-order valence-corrected chi connectivity index (χ3v) is 6.14. The summed E-state index contributed by atoms with van der Waals surface area (Å²) in [7, 11) is 0. The minimum absolute atomic E-state index is 0.102. The highest BCUT2D eigenvalue weighted by Crippen LogP contribution is 2.36. The van der Waals surface area contributed by atoms with Gasteiger partial charge in [-0.15, -0.1) is 0 Å². The fourth-order valence-corrected chi connectivity index (χ4v) is 4.54. The van der Waals surface area contributed by atoms with Crippen LogP contribution in [0.25, 0.3) is 11.0 Å². The van der Waals surface area contributed by atoms with Gasteiger partial charge in [0, 0.05) is 41.3 Å². The summed E-state index contributed by atoms with van der Waals surface area (Å²) in [6.45, 7) is 9.70. The minimum atomic E-state index is -0.294. The van der Waals surface area contributed by atoms with Crippen molar-refractivity contribution in [3.05, 3.63) is 57.8 Å². The maximum absolute atomic E-state index is 13.3. The Morgan fingerprint density at radius 3 is 2.61 bits per heavy atom. The molecular formula is C24H27ClN2O4. The van der Waals surface area contributed by atoms with Crippen molar-refractivity contribution in [3.8, 4) is 5.75 Å². The second-order valence-corrected chi connectivity index (χ2v) is 8.69. The third-order valence-electron chi connectivity index (χ3n) is 5.73. The van der Waals surface area contributed by atoms with Gasteiger partial charge in [-0.05, 0) is 57.5 Å². The van der Waals surface area contributed by atoms with E-state index in [1.54, 1.807) is 31.2 Å². The lowest BCUT2D eigenvalue weighted by atomic mass is 10.0. The minimum Gasteiger partial charge on any atom is -0.508 e. The molecule has 3 aromatic rings. The van der Waals surface area contributed by atoms with Crippen LogP contribution < -0.4 is 5.32 Å². The molecule has 6 nitrogen and oxygen atoms in total. The van der Waals surface area contributed by atoms with Crippen molar-refractivity contribution in [2.24, 2.45) is 0 Å². The van der Waals surface area contributed by atoms with Crippen molar-refractivity contribution in [3.63, 3.8) is 0 Å². The van der Waals surface area contributed by atoms with Gasteiger partial charge in [0.25, 0.3) is 5.91 Å². The number of morpholine rings is 1. The van der Waals surface area contributed by atoms with Crippen LogP contribution in [-0.2, 0) is 11.3 Å². The van der Waals surface area contributed by atoms with Crippen molar-refractivity contribution in [1.29, 1.82) is 0 Å². The maximum Gasteiger partial charge on any atom is 0.259 e. The molecule has 0 bridgehead atoms. The Hall–Kier alpha value is -2.54. The lowest BCUT2D eigenvalue weighted by molar-refractivity contribution is -0.0705. The van der Waals surface area contributed by atoms with E-state index in [1.807, 2.05) is 26.8 Å². The summed E-state index contributed by atoms with van der Waals surface area (Å²) in [5.41, 5.74) is 3.12. The summed E-state index contributed by atoms with van der Waals surface area (Å²) < 4.78 is 11.7. The van der Waals surface area contributed by atoms with Crippen LogP contribution in [-0.4, -0.2) is 41.2 Å². The van der Waals surface area contributed by atoms with Crippen LogP contribution in [0.2, 0.25) is 5.02 Å². The van der Waals surface area contributed by atoms with Crippen LogP contribution >= 0.6 is 11.6 Å². The molecule has 2 N–H and O–H groups in total. The van der Waals surface area contributed by atoms with Gasteiger partial charge in [0.05, 0.1) is 17.8 Å². The SMILES string of the molecule is Cc1oc2ccc(O)c(CN3C[C@@H](C)O[C@@H](C)C3)c2c1C(=O)Nc1cccc(Cl)c1C. The standard InChI is InChI=1S/C24H27ClN2O4/c1-13-10-27(11-14(2)30-13)12-17-20(28)8-9-21-23(17)22(16(4)31-21)24(29)26-19-7-5-6-18(25)15(19)3/h5-9,13-14,28H,10-12H2,1-4H3,(H,26,29)/t13-,14+. The first-order valence-corrected chi connectivity index (χ1v) is 10.8. The van der Waals surface area contributed by atoms with Crippen molar-refractivity contribution in [2.45, 2.75) is 46.4 Å². The molecule has 1 aliphatic rings. The first kappa shape index (κ1) is 21.7. The Balaban J connectivity index is 1.74. The number of aromatic hydroxyl groups is 1. The highest BCUT2D eigenvalue weighted by Gasteiger charge is 2.27. The van der Waals surface area contributed by atoms with E-state index in [9.17, 15) is 9.90 Å². The van der Waals surface area contributed by atoms with Gasteiger partial charge < -0.3 is 19.6 Å². The lowest BCUT2D eigenvalue weighted by Gasteiger charge is -2.35. The Kier molecular flexibility index (Phi) is 5.97. The van der Waals surface area contributed by atoms with Crippen LogP contribution in [0.1, 0.15) is 41.1 Å². The van der Waals surface area contributed by atoms with E-state index in [0.717, 1.165) is 18.7 Å². The molecule has 0 aliphatic carbocycles. The molecule has 7 heteroatoms. The summed E-state index contributed by atoms with van der Waals surface area (Å²) in [4.78, 5) is 15.5. The van der Waals surface area contributed by atoms with E-state index < -0.39 is 0 Å². The fourth-order valence-electron chi connectivity index (χ4n) is 4.36. The van der Waals surface area contributed by atoms with E-state index >= 15 is 0 Å². The number of halogens is 1. The van der Waals surface area contributed by atoms with Gasteiger partial charge in [0.15, 0.2) is 0 Å².